The van der Waals surface area contributed by atoms with Crippen LogP contribution in [0, 0.1) is 5.92 Å². The van der Waals surface area contributed by atoms with Crippen molar-refractivity contribution in [1.29, 1.82) is 0 Å². The predicted octanol–water partition coefficient (Wildman–Crippen LogP) is -2.17. The minimum atomic E-state index is -1.89. The largest absolute Gasteiger partial charge is 0.508 e. The number of carboxylic acids is 3. The highest BCUT2D eigenvalue weighted by Crippen LogP contribution is 2.23. The summed E-state index contributed by atoms with van der Waals surface area (Å²) >= 11 is 0. The van der Waals surface area contributed by atoms with Crippen molar-refractivity contribution in [2.24, 2.45) is 28.9 Å². The maximum Gasteiger partial charge on any atom is 0.326 e. The molecule has 0 aliphatic heterocycles. The van der Waals surface area contributed by atoms with Crippen molar-refractivity contribution in [3.8, 4) is 22.6 Å². The molecule has 0 aromatic heterocycles. The highest BCUT2D eigenvalue weighted by atomic mass is 16.4. The van der Waals surface area contributed by atoms with Gasteiger partial charge < -0.3 is 107 Å². The lowest BCUT2D eigenvalue weighted by molar-refractivity contribution is -0.142. The van der Waals surface area contributed by atoms with Crippen molar-refractivity contribution in [3.63, 3.8) is 0 Å². The molecule has 9 amide bonds. The van der Waals surface area contributed by atoms with Crippen LogP contribution in [0.25, 0.3) is 11.1 Å². The second-order valence-corrected chi connectivity index (χ2v) is 24.2. The first-order chi connectivity index (χ1) is 47.0. The van der Waals surface area contributed by atoms with Crippen LogP contribution < -0.4 is 70.8 Å². The Kier molecular flexibility index (Phi) is 33.8. The van der Waals surface area contributed by atoms with E-state index in [2.05, 4.69) is 47.9 Å². The molecule has 99 heavy (non-hydrogen) atoms. The van der Waals surface area contributed by atoms with E-state index >= 15 is 0 Å². The van der Waals surface area contributed by atoms with Crippen molar-refractivity contribution in [2.45, 2.75) is 164 Å². The van der Waals surface area contributed by atoms with Crippen molar-refractivity contribution >= 4 is 71.1 Å². The summed E-state index contributed by atoms with van der Waals surface area (Å²) in [6, 6.07) is 7.72. The van der Waals surface area contributed by atoms with Crippen LogP contribution in [-0.4, -0.2) is 194 Å². The standard InChI is InChI=1S/C67H93N13O19/c1-36(2)30-50(61(91)73-47(8-4-6-28-68)59(89)75-49(66(96)97)9-5-7-29-69)76-57(87)37(3)72-64(94)53(34-81)79-63(93)52(33-40-14-24-45(84)25-15-40)78-60(90)48(26-27-55(85)86)74-65(95)54(35-82)80-62(92)51(32-39-12-22-44(83)23-13-39)77-58(88)46(70)31-38-10-16-41(17-11-38)42-18-20-43(21-19-42)56(71)67(98)99/h10-25,36-37,46-54,56,81-84H,4-9,26-35,68-71H2,1-3H3,(H,72,94)(H,73,91)(H,74,95)(H,75,89)(H,76,87)(H,77,88)(H,78,90)(H,79,93)(H,80,92)(H,85,86)(H,96,97)(H,98,99)/t37-,46-,47+,48-,49+,50-,51-,52-,53-,54-,56?/m1/s1. The van der Waals surface area contributed by atoms with Gasteiger partial charge in [0.1, 0.15) is 71.9 Å². The molecule has 540 valence electrons. The van der Waals surface area contributed by atoms with E-state index in [-0.39, 0.29) is 56.1 Å². The van der Waals surface area contributed by atoms with Crippen LogP contribution in [0.15, 0.2) is 97.1 Å². The number of unbranched alkanes of at least 4 members (excludes halogenated alkanes) is 2. The summed E-state index contributed by atoms with van der Waals surface area (Å²) in [5.41, 5.74) is 26.5. The van der Waals surface area contributed by atoms with Gasteiger partial charge in [0.2, 0.25) is 53.2 Å². The number of phenols is 2. The second-order valence-electron chi connectivity index (χ2n) is 24.2. The van der Waals surface area contributed by atoms with Gasteiger partial charge >= 0.3 is 17.9 Å². The normalized spacial score (nSPS) is 14.5. The fraction of sp³-hybridized carbons (Fsp3) is 0.463. The number of carbonyl (C=O) groups excluding carboxylic acids is 9. The van der Waals surface area contributed by atoms with Crippen LogP contribution in [0.1, 0.15) is 107 Å². The fourth-order valence-electron chi connectivity index (χ4n) is 10.1. The van der Waals surface area contributed by atoms with E-state index in [0.717, 1.165) is 11.1 Å². The van der Waals surface area contributed by atoms with Crippen molar-refractivity contribution < 1.29 is 93.3 Å². The molecule has 0 fully saturated rings. The van der Waals surface area contributed by atoms with Crippen LogP contribution in [0.2, 0.25) is 0 Å². The average Bonchev–Trinajstić information content (AvgIpc) is 0.888. The zero-order chi connectivity index (χ0) is 73.5. The van der Waals surface area contributed by atoms with Crippen LogP contribution in [0.4, 0.5) is 0 Å². The zero-order valence-electron chi connectivity index (χ0n) is 55.3. The number of hydrogen-bond acceptors (Lipinski definition) is 20. The number of aliphatic hydroxyl groups is 2. The maximum absolute atomic E-state index is 14.3. The first kappa shape index (κ1) is 81.3. The van der Waals surface area contributed by atoms with Crippen LogP contribution in [0.3, 0.4) is 0 Å². The topological polar surface area (TPSA) is 559 Å². The maximum atomic E-state index is 14.3. The van der Waals surface area contributed by atoms with Crippen LogP contribution in [0.5, 0.6) is 11.5 Å². The van der Waals surface area contributed by atoms with E-state index in [9.17, 15) is 93.3 Å². The molecule has 32 heteroatoms. The monoisotopic (exact) mass is 1380 g/mol. The Balaban J connectivity index is 1.50. The van der Waals surface area contributed by atoms with Gasteiger partial charge in [-0.3, -0.25) is 52.7 Å². The Morgan fingerprint density at radius 3 is 1.17 bits per heavy atom. The van der Waals surface area contributed by atoms with Crippen LogP contribution in [-0.2, 0) is 76.8 Å². The predicted molar refractivity (Wildman–Crippen MR) is 359 cm³/mol. The molecule has 0 aliphatic carbocycles. The number of aliphatic hydroxyl groups excluding tert-OH is 2. The minimum absolute atomic E-state index is 0.0209. The molecular formula is C67H93N13O19. The van der Waals surface area contributed by atoms with Gasteiger partial charge in [0, 0.05) is 19.3 Å². The number of carboxylic acid groups (broad SMARTS) is 3. The number of amides is 9. The molecule has 1 unspecified atom stereocenters. The number of hydrogen-bond donors (Lipinski definition) is 20. The molecule has 0 saturated heterocycles. The van der Waals surface area contributed by atoms with Crippen molar-refractivity contribution in [3.05, 3.63) is 119 Å². The molecule has 0 saturated carbocycles. The molecule has 0 aliphatic rings. The number of aliphatic carboxylic acids is 3. The second kappa shape index (κ2) is 41.2. The Labute approximate surface area is 571 Å². The molecule has 32 nitrogen and oxygen atoms in total. The van der Waals surface area contributed by atoms with E-state index in [1.54, 1.807) is 62.4 Å². The summed E-state index contributed by atoms with van der Waals surface area (Å²) in [6.07, 6.45) is -0.234. The van der Waals surface area contributed by atoms with Gasteiger partial charge in [-0.05, 0) is 141 Å². The number of rotatable bonds is 43. The van der Waals surface area contributed by atoms with Gasteiger partial charge in [0.05, 0.1) is 19.3 Å². The third kappa shape index (κ3) is 27.7. The minimum Gasteiger partial charge on any atom is -0.508 e. The lowest BCUT2D eigenvalue weighted by Crippen LogP contribution is -2.61. The van der Waals surface area contributed by atoms with Crippen LogP contribution >= 0.6 is 0 Å². The molecule has 24 N–H and O–H groups in total. The van der Waals surface area contributed by atoms with Gasteiger partial charge in [-0.1, -0.05) is 86.6 Å². The number of nitrogens with one attached hydrogen (secondary N) is 9. The van der Waals surface area contributed by atoms with E-state index < -0.39 is 170 Å². The molecule has 11 atom stereocenters. The summed E-state index contributed by atoms with van der Waals surface area (Å²) < 4.78 is 0. The Hall–Kier alpha value is -10.1. The summed E-state index contributed by atoms with van der Waals surface area (Å²) in [4.78, 5) is 161. The van der Waals surface area contributed by atoms with Gasteiger partial charge in [-0.15, -0.1) is 0 Å². The summed E-state index contributed by atoms with van der Waals surface area (Å²) in [7, 11) is 0. The van der Waals surface area contributed by atoms with E-state index in [1.807, 2.05) is 0 Å². The van der Waals surface area contributed by atoms with E-state index in [0.29, 0.717) is 54.5 Å². The number of benzene rings is 4. The molecule has 4 rings (SSSR count). The molecule has 4 aromatic rings. The number of aromatic hydroxyl groups is 2. The third-order valence-electron chi connectivity index (χ3n) is 15.8. The van der Waals surface area contributed by atoms with Crippen molar-refractivity contribution in [2.75, 3.05) is 26.3 Å². The number of nitrogens with two attached hydrogens (primary N) is 4. The number of carbonyl (C=O) groups is 12. The average molecular weight is 1380 g/mol. The first-order valence-electron chi connectivity index (χ1n) is 32.3. The summed E-state index contributed by atoms with van der Waals surface area (Å²) in [6.45, 7) is 3.06. The van der Waals surface area contributed by atoms with Gasteiger partial charge in [0.15, 0.2) is 0 Å². The Morgan fingerprint density at radius 2 is 0.737 bits per heavy atom. The lowest BCUT2D eigenvalue weighted by Gasteiger charge is -2.27. The highest BCUT2D eigenvalue weighted by molar-refractivity contribution is 5.99. The molecular weight excluding hydrogens is 1290 g/mol. The smallest absolute Gasteiger partial charge is 0.326 e. The van der Waals surface area contributed by atoms with Gasteiger partial charge in [-0.2, -0.15) is 0 Å². The van der Waals surface area contributed by atoms with Crippen molar-refractivity contribution in [1.82, 2.24) is 47.9 Å². The Bertz CT molecular complexity index is 3360. The number of phenolic OH excluding ortho intramolecular Hbond substituents is 2. The first-order valence-corrected chi connectivity index (χ1v) is 32.3. The fourth-order valence-corrected chi connectivity index (χ4v) is 10.1. The molecule has 0 heterocycles. The quantitative estimate of drug-likeness (QED) is 0.0210. The van der Waals surface area contributed by atoms with Gasteiger partial charge in [0.25, 0.3) is 0 Å². The molecule has 0 spiro atoms. The van der Waals surface area contributed by atoms with E-state index in [1.165, 1.54) is 55.5 Å². The summed E-state index contributed by atoms with van der Waals surface area (Å²) in [5.74, 6) is -13.6. The molecule has 0 radical (unpaired) electrons. The van der Waals surface area contributed by atoms with E-state index in [4.69, 9.17) is 22.9 Å². The zero-order valence-corrected chi connectivity index (χ0v) is 55.3. The highest BCUT2D eigenvalue weighted by Gasteiger charge is 2.36. The van der Waals surface area contributed by atoms with Gasteiger partial charge in [-0.25, -0.2) is 4.79 Å². The summed E-state index contributed by atoms with van der Waals surface area (Å²) in [5, 5.41) is 91.6. The lowest BCUT2D eigenvalue weighted by atomic mass is 9.98. The Morgan fingerprint density at radius 1 is 0.384 bits per heavy atom. The molecule has 4 aromatic carbocycles. The molecule has 0 bridgehead atoms. The SMILES string of the molecule is CC(C)C[C@@H](NC(=O)[C@@H](C)NC(=O)[C@@H](CO)NC(=O)[C@@H](Cc1ccc(O)cc1)NC(=O)[C@@H](CCC(=O)O)NC(=O)[C@@H](CO)NC(=O)[C@@H](Cc1ccc(O)cc1)NC(=O)[C@H](N)Cc1ccc(-c2ccc(C(N)C(=O)O)cc2)cc1)C(=O)N[C@@H](CCCCN)C(=O)N[C@@H](CCCCN)C(=O)O. The third-order valence-corrected chi connectivity index (χ3v) is 15.8.